The molecule has 8 heteroatoms. The number of alkyl halides is 3. The van der Waals surface area contributed by atoms with Crippen LogP contribution >= 0.6 is 0 Å². The molecule has 0 saturated heterocycles. The van der Waals surface area contributed by atoms with E-state index in [1.165, 1.54) is 0 Å². The Morgan fingerprint density at radius 3 is 2.21 bits per heavy atom. The van der Waals surface area contributed by atoms with E-state index in [1.54, 1.807) is 0 Å². The van der Waals surface area contributed by atoms with E-state index < -0.39 is 24.1 Å². The molecule has 0 fully saturated rings. The highest BCUT2D eigenvalue weighted by Gasteiger charge is 2.28. The van der Waals surface area contributed by atoms with Gasteiger partial charge >= 0.3 is 6.18 Å². The molecule has 0 unspecified atom stereocenters. The first-order chi connectivity index (χ1) is 6.17. The van der Waals surface area contributed by atoms with Gasteiger partial charge in [0.25, 0.3) is 0 Å². The zero-order valence-electron chi connectivity index (χ0n) is 6.99. The molecule has 14 heavy (non-hydrogen) atoms. The van der Waals surface area contributed by atoms with E-state index >= 15 is 0 Å². The Labute approximate surface area is 79.3 Å². The highest BCUT2D eigenvalue weighted by molar-refractivity contribution is 6.29. The maximum atomic E-state index is 11.7. The summed E-state index contributed by atoms with van der Waals surface area (Å²) in [5, 5.41) is 17.5. The van der Waals surface area contributed by atoms with Gasteiger partial charge in [0.05, 0.1) is 5.71 Å². The Kier molecular flexibility index (Phi) is 4.15. The Hall–Kier alpha value is -1.02. The van der Waals surface area contributed by atoms with Crippen LogP contribution in [0.2, 0.25) is 0 Å². The minimum atomic E-state index is -4.54. The van der Waals surface area contributed by atoms with Crippen molar-refractivity contribution >= 4 is 13.6 Å². The van der Waals surface area contributed by atoms with Gasteiger partial charge in [-0.2, -0.15) is 13.2 Å². The first kappa shape index (κ1) is 13.0. The Bertz CT molecular complexity index is 244. The maximum absolute atomic E-state index is 11.7. The summed E-state index contributed by atoms with van der Waals surface area (Å²) in [7, 11) is 4.70. The van der Waals surface area contributed by atoms with Crippen LogP contribution in [0.3, 0.4) is 0 Å². The monoisotopic (exact) mass is 208 g/mol. The lowest BCUT2D eigenvalue weighted by Gasteiger charge is -2.17. The SMILES string of the molecule is [B]C(O)(O)C(C=CN)=NCC(F)(F)F. The van der Waals surface area contributed by atoms with Crippen molar-refractivity contribution in [3.05, 3.63) is 12.3 Å². The topological polar surface area (TPSA) is 78.8 Å². The fourth-order valence-electron chi connectivity index (χ4n) is 0.558. The molecule has 0 aromatic heterocycles. The fourth-order valence-corrected chi connectivity index (χ4v) is 0.558. The molecule has 0 aliphatic carbocycles. The Morgan fingerprint density at radius 2 is 1.93 bits per heavy atom. The number of hydrogen-bond donors (Lipinski definition) is 3. The van der Waals surface area contributed by atoms with Crippen molar-refractivity contribution in [1.82, 2.24) is 0 Å². The second-order valence-electron chi connectivity index (χ2n) is 2.40. The second-order valence-corrected chi connectivity index (χ2v) is 2.40. The van der Waals surface area contributed by atoms with Gasteiger partial charge in [0.1, 0.15) is 6.54 Å². The molecule has 0 aliphatic rings. The maximum Gasteiger partial charge on any atom is 0.407 e. The molecule has 0 rings (SSSR count). The molecular formula is C6H8BF3N2O2. The summed E-state index contributed by atoms with van der Waals surface area (Å²) in [4.78, 5) is 2.86. The van der Waals surface area contributed by atoms with E-state index in [1.807, 2.05) is 0 Å². The van der Waals surface area contributed by atoms with Gasteiger partial charge in [-0.3, -0.25) is 4.99 Å². The second kappa shape index (κ2) is 4.47. The number of nitrogens with two attached hydrogens (primary N) is 1. The normalized spacial score (nSPS) is 15.1. The molecule has 0 heterocycles. The van der Waals surface area contributed by atoms with Crippen LogP contribution < -0.4 is 5.73 Å². The van der Waals surface area contributed by atoms with Crippen LogP contribution in [0, 0.1) is 0 Å². The van der Waals surface area contributed by atoms with E-state index in [2.05, 4.69) is 4.99 Å². The highest BCUT2D eigenvalue weighted by Crippen LogP contribution is 2.15. The molecule has 0 aliphatic heterocycles. The molecule has 0 saturated carbocycles. The molecule has 0 aromatic rings. The molecule has 0 atom stereocenters. The average Bonchev–Trinajstić information content (AvgIpc) is 1.93. The largest absolute Gasteiger partial charge is 0.407 e. The van der Waals surface area contributed by atoms with Gasteiger partial charge in [-0.05, 0) is 12.3 Å². The van der Waals surface area contributed by atoms with E-state index in [4.69, 9.17) is 23.8 Å². The van der Waals surface area contributed by atoms with Gasteiger partial charge < -0.3 is 15.9 Å². The van der Waals surface area contributed by atoms with Crippen LogP contribution in [0.4, 0.5) is 13.2 Å². The molecule has 0 bridgehead atoms. The van der Waals surface area contributed by atoms with Crippen LogP contribution in [0.25, 0.3) is 0 Å². The summed E-state index contributed by atoms with van der Waals surface area (Å²) in [5.41, 5.74) is 1.15. The molecule has 2 radical (unpaired) electrons. The van der Waals surface area contributed by atoms with Gasteiger partial charge in [-0.1, -0.05) is 0 Å². The summed E-state index contributed by atoms with van der Waals surface area (Å²) in [6.07, 6.45) is -2.98. The van der Waals surface area contributed by atoms with Crippen molar-refractivity contribution < 1.29 is 23.4 Å². The van der Waals surface area contributed by atoms with Crippen molar-refractivity contribution in [2.24, 2.45) is 10.7 Å². The summed E-state index contributed by atoms with van der Waals surface area (Å²) in [6.45, 7) is -1.56. The average molecular weight is 208 g/mol. The van der Waals surface area contributed by atoms with E-state index in [9.17, 15) is 13.2 Å². The lowest BCUT2D eigenvalue weighted by atomic mass is 9.90. The minimum absolute atomic E-state index is 0.766. The molecule has 0 aromatic carbocycles. The lowest BCUT2D eigenvalue weighted by molar-refractivity contribution is -0.118. The van der Waals surface area contributed by atoms with E-state index in [0.717, 1.165) is 12.3 Å². The predicted octanol–water partition coefficient (Wildman–Crippen LogP) is -0.731. The number of aliphatic imine (C=N–C) groups is 1. The van der Waals surface area contributed by atoms with Gasteiger partial charge in [-0.15, -0.1) is 0 Å². The van der Waals surface area contributed by atoms with E-state index in [0.29, 0.717) is 0 Å². The first-order valence-electron chi connectivity index (χ1n) is 3.40. The first-order valence-corrected chi connectivity index (χ1v) is 3.40. The summed E-state index contributed by atoms with van der Waals surface area (Å²) in [6, 6.07) is 0. The third-order valence-electron chi connectivity index (χ3n) is 1.06. The number of nitrogens with zero attached hydrogens (tertiary/aromatic N) is 1. The zero-order valence-corrected chi connectivity index (χ0v) is 6.99. The van der Waals surface area contributed by atoms with Crippen molar-refractivity contribution in [3.8, 4) is 0 Å². The number of hydrogen-bond acceptors (Lipinski definition) is 4. The molecule has 0 spiro atoms. The van der Waals surface area contributed by atoms with Gasteiger partial charge in [0.2, 0.25) is 0 Å². The fraction of sp³-hybridized carbons (Fsp3) is 0.500. The minimum Gasteiger partial charge on any atom is -0.405 e. The molecular weight excluding hydrogens is 200 g/mol. The van der Waals surface area contributed by atoms with Gasteiger partial charge in [0, 0.05) is 0 Å². The van der Waals surface area contributed by atoms with Gasteiger partial charge in [0.15, 0.2) is 13.5 Å². The van der Waals surface area contributed by atoms with Crippen molar-refractivity contribution in [3.63, 3.8) is 0 Å². The third-order valence-corrected chi connectivity index (χ3v) is 1.06. The highest BCUT2D eigenvalue weighted by atomic mass is 19.4. The van der Waals surface area contributed by atoms with Crippen LogP contribution in [0.15, 0.2) is 17.3 Å². The Morgan fingerprint density at radius 1 is 1.43 bits per heavy atom. The Balaban J connectivity index is 4.68. The number of halogens is 3. The van der Waals surface area contributed by atoms with Crippen LogP contribution in [0.1, 0.15) is 0 Å². The van der Waals surface area contributed by atoms with E-state index in [-0.39, 0.29) is 0 Å². The lowest BCUT2D eigenvalue weighted by Crippen LogP contribution is -2.38. The van der Waals surface area contributed by atoms with Crippen LogP contribution in [-0.2, 0) is 0 Å². The smallest absolute Gasteiger partial charge is 0.405 e. The van der Waals surface area contributed by atoms with Crippen molar-refractivity contribution in [2.75, 3.05) is 6.54 Å². The van der Waals surface area contributed by atoms with Gasteiger partial charge in [-0.25, -0.2) is 0 Å². The summed E-state index contributed by atoms with van der Waals surface area (Å²) in [5.74, 6) is 0. The molecule has 4 nitrogen and oxygen atoms in total. The predicted molar refractivity (Wildman–Crippen MR) is 44.6 cm³/mol. The summed E-state index contributed by atoms with van der Waals surface area (Å²) >= 11 is 0. The molecule has 78 valence electrons. The van der Waals surface area contributed by atoms with Crippen molar-refractivity contribution in [2.45, 2.75) is 11.9 Å². The number of rotatable bonds is 3. The van der Waals surface area contributed by atoms with Crippen molar-refractivity contribution in [1.29, 1.82) is 0 Å². The summed E-state index contributed by atoms with van der Waals surface area (Å²) < 4.78 is 35.0. The molecule has 0 amide bonds. The molecule has 4 N–H and O–H groups in total. The van der Waals surface area contributed by atoms with Crippen LogP contribution in [-0.4, -0.2) is 42.2 Å². The number of aliphatic hydroxyl groups is 2. The zero-order chi connectivity index (χ0) is 11.4. The quantitative estimate of drug-likeness (QED) is 0.325. The third kappa shape index (κ3) is 5.60. The standard InChI is InChI=1S/C6H8BF3N2O2/c7-6(13,14)4(1-2-11)12-3-5(8,9)10/h1-2,13-14H,3,11H2. The van der Waals surface area contributed by atoms with Crippen LogP contribution in [0.5, 0.6) is 0 Å².